The molecule has 2 aromatic carbocycles. The lowest BCUT2D eigenvalue weighted by Crippen LogP contribution is -2.43. The highest BCUT2D eigenvalue weighted by Gasteiger charge is 2.47. The highest BCUT2D eigenvalue weighted by molar-refractivity contribution is 6.31. The number of hydrogen-bond donors (Lipinski definition) is 3. The average Bonchev–Trinajstić information content (AvgIpc) is 3.74. The SMILES string of the molecule is CCOc1c(CC(N)=O)cc([C@@](O)(CNC(=O)c2cc(F)c3nn(C(F)F)cc3c2)C2CC2)nc1-c1ccc(F)c(Cl)c1F. The number of fused-ring (bicyclic) bond motifs is 1. The average molecular weight is 638 g/mol. The van der Waals surface area contributed by atoms with Crippen molar-refractivity contribution in [2.24, 2.45) is 11.7 Å². The van der Waals surface area contributed by atoms with Gasteiger partial charge in [0.1, 0.15) is 33.4 Å². The van der Waals surface area contributed by atoms with Gasteiger partial charge in [0.2, 0.25) is 5.91 Å². The fraction of sp³-hybridized carbons (Fsp3) is 0.310. The summed E-state index contributed by atoms with van der Waals surface area (Å²) in [6, 6.07) is 5.37. The van der Waals surface area contributed by atoms with E-state index in [4.69, 9.17) is 22.1 Å². The number of carbonyl (C=O) groups excluding carboxylic acids is 2. The molecule has 1 aliphatic rings. The molecule has 1 atom stereocenters. The maximum absolute atomic E-state index is 15.2. The van der Waals surface area contributed by atoms with Crippen LogP contribution in [0, 0.1) is 23.4 Å². The largest absolute Gasteiger partial charge is 0.491 e. The highest BCUT2D eigenvalue weighted by Crippen LogP contribution is 2.47. The Balaban J connectivity index is 1.55. The van der Waals surface area contributed by atoms with Crippen molar-refractivity contribution in [3.63, 3.8) is 0 Å². The Kier molecular flexibility index (Phi) is 8.49. The minimum atomic E-state index is -3.02. The lowest BCUT2D eigenvalue weighted by Gasteiger charge is -2.30. The molecule has 5 rings (SSSR count). The maximum atomic E-state index is 15.2. The van der Waals surface area contributed by atoms with Crippen LogP contribution >= 0.6 is 11.6 Å². The molecule has 44 heavy (non-hydrogen) atoms. The molecule has 1 fully saturated rings. The van der Waals surface area contributed by atoms with E-state index in [2.05, 4.69) is 15.4 Å². The van der Waals surface area contributed by atoms with Gasteiger partial charge in [0.25, 0.3) is 5.91 Å². The first-order valence-electron chi connectivity index (χ1n) is 13.4. The van der Waals surface area contributed by atoms with Crippen LogP contribution in [-0.4, -0.2) is 44.8 Å². The van der Waals surface area contributed by atoms with Gasteiger partial charge in [-0.3, -0.25) is 9.59 Å². The molecule has 1 aliphatic carbocycles. The van der Waals surface area contributed by atoms with Crippen LogP contribution in [-0.2, 0) is 16.8 Å². The molecule has 1 saturated carbocycles. The molecular formula is C29H25ClF5N5O4. The first kappa shape index (κ1) is 31.1. The summed E-state index contributed by atoms with van der Waals surface area (Å²) in [5, 5.41) is 17.1. The smallest absolute Gasteiger partial charge is 0.333 e. The minimum absolute atomic E-state index is 0.0353. The first-order chi connectivity index (χ1) is 20.8. The summed E-state index contributed by atoms with van der Waals surface area (Å²) in [4.78, 5) is 29.5. The summed E-state index contributed by atoms with van der Waals surface area (Å²) in [6.45, 7) is -1.78. The van der Waals surface area contributed by atoms with E-state index in [9.17, 15) is 32.3 Å². The van der Waals surface area contributed by atoms with Gasteiger partial charge in [-0.15, -0.1) is 0 Å². The zero-order chi connectivity index (χ0) is 31.9. The van der Waals surface area contributed by atoms with Gasteiger partial charge >= 0.3 is 6.55 Å². The van der Waals surface area contributed by atoms with Gasteiger partial charge in [-0.1, -0.05) is 11.6 Å². The Bertz CT molecular complexity index is 1780. The number of primary amides is 1. The number of nitrogens with zero attached hydrogens (tertiary/aromatic N) is 3. The lowest BCUT2D eigenvalue weighted by molar-refractivity contribution is -0.117. The fourth-order valence-corrected chi connectivity index (χ4v) is 5.15. The van der Waals surface area contributed by atoms with Crippen molar-refractivity contribution in [3.8, 4) is 17.0 Å². The number of rotatable bonds is 11. The molecule has 0 spiro atoms. The number of amides is 2. The van der Waals surface area contributed by atoms with E-state index >= 15 is 4.39 Å². The van der Waals surface area contributed by atoms with Crippen LogP contribution in [0.4, 0.5) is 22.0 Å². The summed E-state index contributed by atoms with van der Waals surface area (Å²) < 4.78 is 75.9. The Morgan fingerprint density at radius 2 is 1.93 bits per heavy atom. The summed E-state index contributed by atoms with van der Waals surface area (Å²) in [5.74, 6) is -5.26. The van der Waals surface area contributed by atoms with Crippen molar-refractivity contribution in [3.05, 3.63) is 75.8 Å². The molecule has 0 bridgehead atoms. The van der Waals surface area contributed by atoms with E-state index in [0.717, 1.165) is 24.4 Å². The number of nitrogens with two attached hydrogens (primary N) is 1. The predicted octanol–water partition coefficient (Wildman–Crippen LogP) is 5.02. The van der Waals surface area contributed by atoms with Crippen molar-refractivity contribution in [1.82, 2.24) is 20.1 Å². The van der Waals surface area contributed by atoms with Gasteiger partial charge in [0, 0.05) is 28.3 Å². The van der Waals surface area contributed by atoms with Crippen LogP contribution in [0.5, 0.6) is 5.75 Å². The number of pyridine rings is 1. The van der Waals surface area contributed by atoms with Crippen molar-refractivity contribution >= 4 is 34.3 Å². The van der Waals surface area contributed by atoms with Crippen molar-refractivity contribution in [2.45, 2.75) is 38.3 Å². The van der Waals surface area contributed by atoms with Crippen LogP contribution in [0.3, 0.4) is 0 Å². The van der Waals surface area contributed by atoms with Gasteiger partial charge in [-0.2, -0.15) is 13.9 Å². The Hall–Kier alpha value is -4.30. The van der Waals surface area contributed by atoms with Crippen LogP contribution in [0.1, 0.15) is 47.9 Å². The second kappa shape index (κ2) is 12.0. The number of benzene rings is 2. The standard InChI is InChI=1S/C29H25ClF5N5O4/c1-2-44-26-13(10-21(36)41)9-20(38-25(26)17-5-6-18(31)22(30)23(17)33)29(43,16-3-4-16)12-37-27(42)14-7-15-11-40(28(34)35)39-24(15)19(32)8-14/h5-9,11,16,28,43H,2-4,10,12H2,1H3,(H2,36,41)(H,37,42)/t29-/m1/s1. The number of aromatic nitrogens is 3. The predicted molar refractivity (Wildman–Crippen MR) is 149 cm³/mol. The molecule has 2 aromatic heterocycles. The monoisotopic (exact) mass is 637 g/mol. The number of hydrogen-bond acceptors (Lipinski definition) is 6. The van der Waals surface area contributed by atoms with E-state index in [1.807, 2.05) is 0 Å². The number of alkyl halides is 2. The molecule has 15 heteroatoms. The van der Waals surface area contributed by atoms with Crippen LogP contribution in [0.25, 0.3) is 22.2 Å². The summed E-state index contributed by atoms with van der Waals surface area (Å²) in [5.41, 5.74) is 2.61. The van der Waals surface area contributed by atoms with E-state index in [1.54, 1.807) is 6.92 Å². The van der Waals surface area contributed by atoms with E-state index in [0.29, 0.717) is 12.8 Å². The Morgan fingerprint density at radius 3 is 2.57 bits per heavy atom. The van der Waals surface area contributed by atoms with Crippen LogP contribution in [0.15, 0.2) is 36.5 Å². The third-order valence-electron chi connectivity index (χ3n) is 7.25. The number of ether oxygens (including phenoxy) is 1. The van der Waals surface area contributed by atoms with Crippen LogP contribution in [0.2, 0.25) is 5.02 Å². The van der Waals surface area contributed by atoms with Gasteiger partial charge < -0.3 is 20.9 Å². The van der Waals surface area contributed by atoms with Gasteiger partial charge in [0.05, 0.1) is 25.3 Å². The molecule has 0 radical (unpaired) electrons. The first-order valence-corrected chi connectivity index (χ1v) is 13.8. The van der Waals surface area contributed by atoms with Gasteiger partial charge in [-0.05, 0) is 56.0 Å². The quantitative estimate of drug-likeness (QED) is 0.156. The molecule has 4 N–H and O–H groups in total. The normalized spacial score (nSPS) is 14.6. The number of aliphatic hydroxyl groups is 1. The van der Waals surface area contributed by atoms with E-state index in [1.165, 1.54) is 12.1 Å². The van der Waals surface area contributed by atoms with Crippen LogP contribution < -0.4 is 15.8 Å². The molecular weight excluding hydrogens is 613 g/mol. The molecule has 0 aliphatic heterocycles. The second-order valence-corrected chi connectivity index (χ2v) is 10.7. The zero-order valence-corrected chi connectivity index (χ0v) is 23.8. The molecule has 9 nitrogen and oxygen atoms in total. The highest BCUT2D eigenvalue weighted by atomic mass is 35.5. The van der Waals surface area contributed by atoms with E-state index < -0.39 is 65.3 Å². The summed E-state index contributed by atoms with van der Waals surface area (Å²) in [7, 11) is 0. The maximum Gasteiger partial charge on any atom is 0.333 e. The zero-order valence-electron chi connectivity index (χ0n) is 23.0. The Labute approximate surface area is 251 Å². The molecule has 2 amide bonds. The lowest BCUT2D eigenvalue weighted by atomic mass is 9.90. The second-order valence-electron chi connectivity index (χ2n) is 10.3. The van der Waals surface area contributed by atoms with Crippen molar-refractivity contribution in [2.75, 3.05) is 13.2 Å². The molecule has 0 saturated heterocycles. The number of carbonyl (C=O) groups is 2. The van der Waals surface area contributed by atoms with Crippen molar-refractivity contribution < 1.29 is 41.4 Å². The summed E-state index contributed by atoms with van der Waals surface area (Å²) in [6.07, 6.45) is 1.54. The summed E-state index contributed by atoms with van der Waals surface area (Å²) >= 11 is 5.82. The van der Waals surface area contributed by atoms with Gasteiger partial charge in [0.15, 0.2) is 11.6 Å². The number of nitrogens with one attached hydrogen (secondary N) is 1. The molecule has 232 valence electrons. The molecule has 2 heterocycles. The van der Waals surface area contributed by atoms with E-state index in [-0.39, 0.29) is 56.0 Å². The van der Waals surface area contributed by atoms with Gasteiger partial charge in [-0.25, -0.2) is 22.8 Å². The third-order valence-corrected chi connectivity index (χ3v) is 7.60. The molecule has 0 unspecified atom stereocenters. The fourth-order valence-electron chi connectivity index (χ4n) is 4.99. The third kappa shape index (κ3) is 5.91. The minimum Gasteiger partial charge on any atom is -0.491 e. The topological polar surface area (TPSA) is 132 Å². The Morgan fingerprint density at radius 1 is 1.20 bits per heavy atom. The number of halogens is 6. The molecule has 4 aromatic rings. The van der Waals surface area contributed by atoms with Crippen molar-refractivity contribution in [1.29, 1.82) is 0 Å².